The van der Waals surface area contributed by atoms with Crippen molar-refractivity contribution in [2.45, 2.75) is 5.92 Å². The Kier molecular flexibility index (Phi) is 3.68. The number of rotatable bonds is 4. The summed E-state index contributed by atoms with van der Waals surface area (Å²) in [6.07, 6.45) is 0. The summed E-state index contributed by atoms with van der Waals surface area (Å²) in [5.74, 6) is 1.18. The van der Waals surface area contributed by atoms with E-state index >= 15 is 0 Å². The van der Waals surface area contributed by atoms with Crippen LogP contribution in [0.15, 0.2) is 45.6 Å². The molecule has 7 nitrogen and oxygen atoms in total. The van der Waals surface area contributed by atoms with Gasteiger partial charge in [0.25, 0.3) is 5.91 Å². The number of aromatic nitrogens is 4. The van der Waals surface area contributed by atoms with E-state index in [0.29, 0.717) is 30.5 Å². The van der Waals surface area contributed by atoms with E-state index in [-0.39, 0.29) is 11.8 Å². The minimum Gasteiger partial charge on any atom is -0.339 e. The Hall–Kier alpha value is -2.78. The SMILES string of the molecule is O=C(c1cc(-c2cccs2)[nH]n1)N1CC(c2nc(-c3cccs3)no2)C1. The van der Waals surface area contributed by atoms with Crippen LogP contribution in [0.2, 0.25) is 0 Å². The number of carbonyl (C=O) groups is 1. The summed E-state index contributed by atoms with van der Waals surface area (Å²) in [6.45, 7) is 1.12. The van der Waals surface area contributed by atoms with Gasteiger partial charge in [0.05, 0.1) is 21.4 Å². The number of hydrogen-bond acceptors (Lipinski definition) is 7. The molecule has 1 N–H and O–H groups in total. The Morgan fingerprint density at radius 3 is 2.69 bits per heavy atom. The first kappa shape index (κ1) is 15.5. The molecule has 4 aromatic heterocycles. The van der Waals surface area contributed by atoms with Crippen molar-refractivity contribution >= 4 is 28.6 Å². The van der Waals surface area contributed by atoms with Crippen molar-refractivity contribution in [1.29, 1.82) is 0 Å². The second kappa shape index (κ2) is 6.19. The molecule has 1 aliphatic heterocycles. The number of amides is 1. The normalized spacial score (nSPS) is 14.5. The molecule has 1 aliphatic rings. The standard InChI is InChI=1S/C17H13N5O2S2/c23-17(12-7-11(19-20-12)13-3-1-5-25-13)22-8-10(9-22)16-18-15(21-24-16)14-4-2-6-26-14/h1-7,10H,8-9H2,(H,19,20). The first-order valence-electron chi connectivity index (χ1n) is 8.04. The quantitative estimate of drug-likeness (QED) is 0.583. The monoisotopic (exact) mass is 383 g/mol. The van der Waals surface area contributed by atoms with Gasteiger partial charge >= 0.3 is 0 Å². The summed E-state index contributed by atoms with van der Waals surface area (Å²) < 4.78 is 5.37. The molecule has 0 aliphatic carbocycles. The van der Waals surface area contributed by atoms with E-state index in [0.717, 1.165) is 15.4 Å². The fraction of sp³-hybridized carbons (Fsp3) is 0.176. The maximum atomic E-state index is 12.6. The van der Waals surface area contributed by atoms with Crippen molar-refractivity contribution < 1.29 is 9.32 Å². The third kappa shape index (κ3) is 2.65. The second-order valence-corrected chi connectivity index (χ2v) is 7.88. The molecule has 0 bridgehead atoms. The zero-order valence-corrected chi connectivity index (χ0v) is 15.1. The molecule has 5 rings (SSSR count). The highest BCUT2D eigenvalue weighted by Gasteiger charge is 2.37. The van der Waals surface area contributed by atoms with Crippen LogP contribution >= 0.6 is 22.7 Å². The maximum Gasteiger partial charge on any atom is 0.274 e. The zero-order chi connectivity index (χ0) is 17.5. The van der Waals surface area contributed by atoms with Crippen LogP contribution < -0.4 is 0 Å². The van der Waals surface area contributed by atoms with Crippen LogP contribution in [0.3, 0.4) is 0 Å². The molecule has 1 fully saturated rings. The summed E-state index contributed by atoms with van der Waals surface area (Å²) in [7, 11) is 0. The summed E-state index contributed by atoms with van der Waals surface area (Å²) >= 11 is 3.18. The molecular formula is C17H13N5O2S2. The summed E-state index contributed by atoms with van der Waals surface area (Å²) in [5.41, 5.74) is 1.29. The highest BCUT2D eigenvalue weighted by Crippen LogP contribution is 2.30. The third-order valence-electron chi connectivity index (χ3n) is 4.28. The average Bonchev–Trinajstić information content (AvgIpc) is 3.40. The van der Waals surface area contributed by atoms with Crippen molar-refractivity contribution in [3.8, 4) is 21.3 Å². The fourth-order valence-electron chi connectivity index (χ4n) is 2.86. The number of H-pyrrole nitrogens is 1. The van der Waals surface area contributed by atoms with Crippen molar-refractivity contribution in [1.82, 2.24) is 25.2 Å². The molecule has 26 heavy (non-hydrogen) atoms. The molecule has 0 unspecified atom stereocenters. The Morgan fingerprint density at radius 1 is 1.19 bits per heavy atom. The number of aromatic amines is 1. The van der Waals surface area contributed by atoms with E-state index in [1.165, 1.54) is 0 Å². The van der Waals surface area contributed by atoms with Crippen LogP contribution in [0, 0.1) is 0 Å². The smallest absolute Gasteiger partial charge is 0.274 e. The average molecular weight is 383 g/mol. The van der Waals surface area contributed by atoms with Gasteiger partial charge in [-0.25, -0.2) is 0 Å². The highest BCUT2D eigenvalue weighted by atomic mass is 32.1. The van der Waals surface area contributed by atoms with Crippen LogP contribution in [0.25, 0.3) is 21.3 Å². The van der Waals surface area contributed by atoms with E-state index in [2.05, 4.69) is 20.3 Å². The lowest BCUT2D eigenvalue weighted by Crippen LogP contribution is -2.48. The van der Waals surface area contributed by atoms with Crippen molar-refractivity contribution in [2.24, 2.45) is 0 Å². The lowest BCUT2D eigenvalue weighted by atomic mass is 9.99. The van der Waals surface area contributed by atoms with E-state index in [4.69, 9.17) is 4.52 Å². The second-order valence-electron chi connectivity index (χ2n) is 5.98. The first-order valence-corrected chi connectivity index (χ1v) is 9.80. The third-order valence-corrected chi connectivity index (χ3v) is 6.05. The summed E-state index contributed by atoms with van der Waals surface area (Å²) in [4.78, 5) is 20.8. The molecule has 9 heteroatoms. The molecule has 0 aromatic carbocycles. The predicted octanol–water partition coefficient (Wildman–Crippen LogP) is 3.49. The largest absolute Gasteiger partial charge is 0.339 e. The van der Waals surface area contributed by atoms with Crippen LogP contribution in [0.5, 0.6) is 0 Å². The molecule has 130 valence electrons. The molecule has 0 radical (unpaired) electrons. The van der Waals surface area contributed by atoms with Crippen LogP contribution in [0.1, 0.15) is 22.3 Å². The van der Waals surface area contributed by atoms with E-state index in [9.17, 15) is 4.79 Å². The number of hydrogen-bond donors (Lipinski definition) is 1. The topological polar surface area (TPSA) is 87.9 Å². The van der Waals surface area contributed by atoms with E-state index in [1.807, 2.05) is 35.0 Å². The maximum absolute atomic E-state index is 12.6. The van der Waals surface area contributed by atoms with Gasteiger partial charge in [-0.3, -0.25) is 9.89 Å². The van der Waals surface area contributed by atoms with Crippen LogP contribution in [0.4, 0.5) is 0 Å². The van der Waals surface area contributed by atoms with Gasteiger partial charge in [-0.1, -0.05) is 17.3 Å². The van der Waals surface area contributed by atoms with E-state index in [1.54, 1.807) is 33.6 Å². The van der Waals surface area contributed by atoms with Crippen LogP contribution in [-0.2, 0) is 0 Å². The van der Waals surface area contributed by atoms with Gasteiger partial charge in [0.2, 0.25) is 11.7 Å². The lowest BCUT2D eigenvalue weighted by molar-refractivity contribution is 0.0563. The van der Waals surface area contributed by atoms with Crippen molar-refractivity contribution in [3.05, 3.63) is 52.7 Å². The summed E-state index contributed by atoms with van der Waals surface area (Å²) in [6, 6.07) is 9.67. The Morgan fingerprint density at radius 2 is 1.96 bits per heavy atom. The van der Waals surface area contributed by atoms with Gasteiger partial charge in [0.1, 0.15) is 0 Å². The van der Waals surface area contributed by atoms with E-state index < -0.39 is 0 Å². The van der Waals surface area contributed by atoms with Gasteiger partial charge in [0.15, 0.2) is 5.69 Å². The van der Waals surface area contributed by atoms with Crippen LogP contribution in [-0.4, -0.2) is 44.2 Å². The number of carbonyl (C=O) groups excluding carboxylic acids is 1. The molecule has 0 spiro atoms. The minimum atomic E-state index is -0.0849. The number of nitrogens with one attached hydrogen (secondary N) is 1. The van der Waals surface area contributed by atoms with Gasteiger partial charge in [-0.05, 0) is 29.0 Å². The Labute approximate surface area is 156 Å². The molecule has 0 saturated carbocycles. The van der Waals surface area contributed by atoms with Crippen molar-refractivity contribution in [2.75, 3.05) is 13.1 Å². The molecular weight excluding hydrogens is 370 g/mol. The van der Waals surface area contributed by atoms with Gasteiger partial charge < -0.3 is 9.42 Å². The molecule has 5 heterocycles. The zero-order valence-electron chi connectivity index (χ0n) is 13.5. The molecule has 1 amide bonds. The highest BCUT2D eigenvalue weighted by molar-refractivity contribution is 7.13. The Bertz CT molecular complexity index is 1030. The Balaban J connectivity index is 1.25. The molecule has 0 atom stereocenters. The fourth-order valence-corrected chi connectivity index (χ4v) is 4.20. The lowest BCUT2D eigenvalue weighted by Gasteiger charge is -2.36. The molecule has 4 aromatic rings. The minimum absolute atomic E-state index is 0.0795. The first-order chi connectivity index (χ1) is 12.8. The van der Waals surface area contributed by atoms with Gasteiger partial charge in [-0.15, -0.1) is 22.7 Å². The number of nitrogens with zero attached hydrogens (tertiary/aromatic N) is 4. The summed E-state index contributed by atoms with van der Waals surface area (Å²) in [5, 5.41) is 15.1. The van der Waals surface area contributed by atoms with Crippen molar-refractivity contribution in [3.63, 3.8) is 0 Å². The van der Waals surface area contributed by atoms with Gasteiger partial charge in [-0.2, -0.15) is 10.1 Å². The molecule has 1 saturated heterocycles. The predicted molar refractivity (Wildman–Crippen MR) is 98.2 cm³/mol. The van der Waals surface area contributed by atoms with Gasteiger partial charge in [0, 0.05) is 13.1 Å². The number of likely N-dealkylation sites (tertiary alicyclic amines) is 1. The number of thiophene rings is 2.